The van der Waals surface area contributed by atoms with Crippen LogP contribution in [0.2, 0.25) is 0 Å². The third kappa shape index (κ3) is 3.69. The van der Waals surface area contributed by atoms with Gasteiger partial charge in [0.05, 0.1) is 11.6 Å². The summed E-state index contributed by atoms with van der Waals surface area (Å²) in [6.45, 7) is 0.724. The first-order chi connectivity index (χ1) is 9.13. The SMILES string of the molecule is NC(=O)C1(N)CCCC1CCOC1CCCCCC1. The molecule has 19 heavy (non-hydrogen) atoms. The lowest BCUT2D eigenvalue weighted by Gasteiger charge is -2.28. The highest BCUT2D eigenvalue weighted by Crippen LogP contribution is 2.36. The van der Waals surface area contributed by atoms with Crippen LogP contribution in [0.1, 0.15) is 64.2 Å². The van der Waals surface area contributed by atoms with Gasteiger partial charge in [0.2, 0.25) is 5.91 Å². The lowest BCUT2D eigenvalue weighted by molar-refractivity contribution is -0.124. The van der Waals surface area contributed by atoms with Crippen molar-refractivity contribution in [2.75, 3.05) is 6.61 Å². The topological polar surface area (TPSA) is 78.3 Å². The van der Waals surface area contributed by atoms with E-state index in [2.05, 4.69) is 0 Å². The van der Waals surface area contributed by atoms with Gasteiger partial charge in [-0.25, -0.2) is 0 Å². The molecule has 0 aromatic heterocycles. The first-order valence-corrected chi connectivity index (χ1v) is 7.83. The number of hydrogen-bond acceptors (Lipinski definition) is 3. The number of amides is 1. The van der Waals surface area contributed by atoms with Gasteiger partial charge in [0.15, 0.2) is 0 Å². The van der Waals surface area contributed by atoms with Gasteiger partial charge < -0.3 is 16.2 Å². The number of carbonyl (C=O) groups is 1. The molecular weight excluding hydrogens is 240 g/mol. The Morgan fingerprint density at radius 3 is 2.42 bits per heavy atom. The van der Waals surface area contributed by atoms with Crippen LogP contribution in [0.4, 0.5) is 0 Å². The zero-order valence-electron chi connectivity index (χ0n) is 11.9. The predicted molar refractivity (Wildman–Crippen MR) is 75.5 cm³/mol. The number of rotatable bonds is 5. The van der Waals surface area contributed by atoms with Crippen LogP contribution >= 0.6 is 0 Å². The summed E-state index contributed by atoms with van der Waals surface area (Å²) in [4.78, 5) is 11.5. The summed E-state index contributed by atoms with van der Waals surface area (Å²) in [5.41, 5.74) is 10.8. The summed E-state index contributed by atoms with van der Waals surface area (Å²) in [6.07, 6.45) is 11.7. The van der Waals surface area contributed by atoms with Crippen molar-refractivity contribution in [2.24, 2.45) is 17.4 Å². The van der Waals surface area contributed by atoms with E-state index < -0.39 is 5.54 Å². The molecule has 4 N–H and O–H groups in total. The second-order valence-electron chi connectivity index (χ2n) is 6.27. The normalized spacial score (nSPS) is 33.2. The van der Waals surface area contributed by atoms with Gasteiger partial charge in [-0.2, -0.15) is 0 Å². The van der Waals surface area contributed by atoms with E-state index in [4.69, 9.17) is 16.2 Å². The lowest BCUT2D eigenvalue weighted by atomic mass is 9.85. The molecule has 4 nitrogen and oxygen atoms in total. The Labute approximate surface area is 116 Å². The van der Waals surface area contributed by atoms with Crippen molar-refractivity contribution in [1.29, 1.82) is 0 Å². The van der Waals surface area contributed by atoms with E-state index in [9.17, 15) is 4.79 Å². The van der Waals surface area contributed by atoms with Crippen molar-refractivity contribution >= 4 is 5.91 Å². The average molecular weight is 268 g/mol. The molecule has 0 spiro atoms. The molecular formula is C15H28N2O2. The van der Waals surface area contributed by atoms with Crippen LogP contribution in [0.5, 0.6) is 0 Å². The standard InChI is InChI=1S/C15H28N2O2/c16-14(18)15(17)10-5-6-12(15)9-11-19-13-7-3-1-2-4-8-13/h12-13H,1-11,17H2,(H2,16,18). The molecule has 1 amide bonds. The van der Waals surface area contributed by atoms with Gasteiger partial charge in [-0.1, -0.05) is 32.1 Å². The van der Waals surface area contributed by atoms with E-state index in [0.29, 0.717) is 6.10 Å². The molecule has 0 aliphatic heterocycles. The number of primary amides is 1. The smallest absolute Gasteiger partial charge is 0.237 e. The molecule has 0 saturated heterocycles. The first kappa shape index (κ1) is 14.8. The average Bonchev–Trinajstić information content (AvgIpc) is 2.62. The summed E-state index contributed by atoms with van der Waals surface area (Å²) in [6, 6.07) is 0. The molecule has 110 valence electrons. The minimum absolute atomic E-state index is 0.204. The highest BCUT2D eigenvalue weighted by atomic mass is 16.5. The third-order valence-corrected chi connectivity index (χ3v) is 4.95. The Balaban J connectivity index is 1.74. The van der Waals surface area contributed by atoms with E-state index in [1.807, 2.05) is 0 Å². The van der Waals surface area contributed by atoms with Crippen molar-refractivity contribution in [3.8, 4) is 0 Å². The number of carbonyl (C=O) groups excluding carboxylic acids is 1. The van der Waals surface area contributed by atoms with Crippen LogP contribution in [0.25, 0.3) is 0 Å². The Hall–Kier alpha value is -0.610. The Kier molecular flexibility index (Phi) is 5.22. The molecule has 2 aliphatic rings. The Morgan fingerprint density at radius 1 is 1.11 bits per heavy atom. The van der Waals surface area contributed by atoms with Crippen LogP contribution in [-0.4, -0.2) is 24.2 Å². The molecule has 2 saturated carbocycles. The van der Waals surface area contributed by atoms with Crippen molar-refractivity contribution in [2.45, 2.75) is 75.9 Å². The van der Waals surface area contributed by atoms with Gasteiger partial charge in [0.25, 0.3) is 0 Å². The van der Waals surface area contributed by atoms with Gasteiger partial charge in [-0.05, 0) is 38.0 Å². The molecule has 2 rings (SSSR count). The molecule has 4 heteroatoms. The van der Waals surface area contributed by atoms with E-state index in [-0.39, 0.29) is 11.8 Å². The van der Waals surface area contributed by atoms with Gasteiger partial charge in [-0.15, -0.1) is 0 Å². The minimum atomic E-state index is -0.785. The Bertz CT molecular complexity index is 301. The molecule has 0 heterocycles. The van der Waals surface area contributed by atoms with Crippen LogP contribution in [0.15, 0.2) is 0 Å². The quantitative estimate of drug-likeness (QED) is 0.749. The largest absolute Gasteiger partial charge is 0.378 e. The molecule has 0 radical (unpaired) electrons. The fourth-order valence-corrected chi connectivity index (χ4v) is 3.61. The van der Waals surface area contributed by atoms with Gasteiger partial charge in [0.1, 0.15) is 0 Å². The fraction of sp³-hybridized carbons (Fsp3) is 0.933. The van der Waals surface area contributed by atoms with Gasteiger partial charge in [0, 0.05) is 6.61 Å². The number of ether oxygens (including phenoxy) is 1. The van der Waals surface area contributed by atoms with Gasteiger partial charge >= 0.3 is 0 Å². The van der Waals surface area contributed by atoms with E-state index in [1.54, 1.807) is 0 Å². The Morgan fingerprint density at radius 2 is 1.79 bits per heavy atom. The lowest BCUT2D eigenvalue weighted by Crippen LogP contribution is -2.54. The number of hydrogen-bond donors (Lipinski definition) is 2. The summed E-state index contributed by atoms with van der Waals surface area (Å²) < 4.78 is 5.99. The zero-order valence-corrected chi connectivity index (χ0v) is 11.9. The molecule has 2 fully saturated rings. The maximum atomic E-state index is 11.5. The second-order valence-corrected chi connectivity index (χ2v) is 6.27. The highest BCUT2D eigenvalue weighted by Gasteiger charge is 2.43. The predicted octanol–water partition coefficient (Wildman–Crippen LogP) is 2.10. The highest BCUT2D eigenvalue weighted by molar-refractivity contribution is 5.85. The molecule has 2 unspecified atom stereocenters. The molecule has 2 atom stereocenters. The van der Waals surface area contributed by atoms with E-state index >= 15 is 0 Å². The zero-order chi connectivity index (χ0) is 13.7. The molecule has 0 bridgehead atoms. The van der Waals surface area contributed by atoms with Crippen LogP contribution in [0.3, 0.4) is 0 Å². The fourth-order valence-electron chi connectivity index (χ4n) is 3.61. The van der Waals surface area contributed by atoms with Crippen LogP contribution < -0.4 is 11.5 Å². The maximum absolute atomic E-state index is 11.5. The van der Waals surface area contributed by atoms with Crippen molar-refractivity contribution < 1.29 is 9.53 Å². The minimum Gasteiger partial charge on any atom is -0.378 e. The van der Waals surface area contributed by atoms with E-state index in [1.165, 1.54) is 38.5 Å². The summed E-state index contributed by atoms with van der Waals surface area (Å²) >= 11 is 0. The first-order valence-electron chi connectivity index (χ1n) is 7.83. The van der Waals surface area contributed by atoms with Crippen molar-refractivity contribution in [1.82, 2.24) is 0 Å². The van der Waals surface area contributed by atoms with Crippen LogP contribution in [0, 0.1) is 5.92 Å². The summed E-state index contributed by atoms with van der Waals surface area (Å²) in [5.74, 6) is -0.139. The molecule has 2 aliphatic carbocycles. The molecule has 0 aromatic rings. The maximum Gasteiger partial charge on any atom is 0.237 e. The van der Waals surface area contributed by atoms with Crippen LogP contribution in [-0.2, 0) is 9.53 Å². The number of nitrogens with two attached hydrogens (primary N) is 2. The van der Waals surface area contributed by atoms with Crippen molar-refractivity contribution in [3.63, 3.8) is 0 Å². The third-order valence-electron chi connectivity index (χ3n) is 4.95. The van der Waals surface area contributed by atoms with Crippen molar-refractivity contribution in [3.05, 3.63) is 0 Å². The summed E-state index contributed by atoms with van der Waals surface area (Å²) in [5, 5.41) is 0. The molecule has 0 aromatic carbocycles. The van der Waals surface area contributed by atoms with E-state index in [0.717, 1.165) is 32.3 Å². The van der Waals surface area contributed by atoms with Gasteiger partial charge in [-0.3, -0.25) is 4.79 Å². The second kappa shape index (κ2) is 6.71. The monoisotopic (exact) mass is 268 g/mol. The summed E-state index contributed by atoms with van der Waals surface area (Å²) in [7, 11) is 0.